The molecule has 22 heavy (non-hydrogen) atoms. The number of nitrogens with zero attached hydrogens (tertiary/aromatic N) is 3. The quantitative estimate of drug-likeness (QED) is 0.578. The first kappa shape index (κ1) is 13.8. The second-order valence-electron chi connectivity index (χ2n) is 4.74. The Morgan fingerprint density at radius 3 is 2.55 bits per heavy atom. The van der Waals surface area contributed by atoms with Crippen molar-refractivity contribution < 1.29 is 4.92 Å². The highest BCUT2D eigenvalue weighted by Crippen LogP contribution is 2.19. The Hall–Kier alpha value is -3.15. The van der Waals surface area contributed by atoms with Crippen molar-refractivity contribution in [1.29, 1.82) is 0 Å². The Labute approximate surface area is 127 Å². The summed E-state index contributed by atoms with van der Waals surface area (Å²) in [7, 11) is 0. The minimum Gasteiger partial charge on any atom is -0.381 e. The summed E-state index contributed by atoms with van der Waals surface area (Å²) in [5.74, 6) is 0. The average Bonchev–Trinajstić information content (AvgIpc) is 3.08. The first-order valence-electron chi connectivity index (χ1n) is 6.80. The van der Waals surface area contributed by atoms with E-state index in [0.29, 0.717) is 12.1 Å². The molecule has 0 unspecified atom stereocenters. The molecule has 0 atom stereocenters. The predicted octanol–water partition coefficient (Wildman–Crippen LogP) is 3.39. The zero-order valence-electron chi connectivity index (χ0n) is 11.7. The Morgan fingerprint density at radius 2 is 1.86 bits per heavy atom. The monoisotopic (exact) mass is 294 g/mol. The van der Waals surface area contributed by atoms with Crippen LogP contribution < -0.4 is 5.32 Å². The van der Waals surface area contributed by atoms with E-state index >= 15 is 0 Å². The molecule has 3 aromatic rings. The topological polar surface area (TPSA) is 73.0 Å². The zero-order chi connectivity index (χ0) is 15.4. The molecular formula is C16H14N4O2. The largest absolute Gasteiger partial charge is 0.381 e. The van der Waals surface area contributed by atoms with Crippen molar-refractivity contribution in [2.24, 2.45) is 0 Å². The van der Waals surface area contributed by atoms with Crippen LogP contribution in [0.15, 0.2) is 67.0 Å². The summed E-state index contributed by atoms with van der Waals surface area (Å²) in [5.41, 5.74) is 2.64. The van der Waals surface area contributed by atoms with E-state index in [-0.39, 0.29) is 10.6 Å². The van der Waals surface area contributed by atoms with E-state index in [2.05, 4.69) is 10.4 Å². The van der Waals surface area contributed by atoms with Crippen molar-refractivity contribution in [1.82, 2.24) is 9.78 Å². The lowest BCUT2D eigenvalue weighted by Gasteiger charge is -2.08. The van der Waals surface area contributed by atoms with Gasteiger partial charge in [-0.05, 0) is 30.3 Å². The van der Waals surface area contributed by atoms with Crippen LogP contribution in [0, 0.1) is 10.1 Å². The Bertz CT molecular complexity index is 767. The van der Waals surface area contributed by atoms with Gasteiger partial charge in [0.25, 0.3) is 5.69 Å². The van der Waals surface area contributed by atoms with E-state index in [4.69, 9.17) is 0 Å². The summed E-state index contributed by atoms with van der Waals surface area (Å²) in [6, 6.07) is 16.3. The van der Waals surface area contributed by atoms with Gasteiger partial charge in [-0.1, -0.05) is 18.2 Å². The third-order valence-electron chi connectivity index (χ3n) is 3.31. The molecule has 0 aliphatic rings. The van der Waals surface area contributed by atoms with Crippen molar-refractivity contribution in [3.63, 3.8) is 0 Å². The summed E-state index contributed by atoms with van der Waals surface area (Å²) in [6.07, 6.45) is 3.59. The number of benzene rings is 2. The highest BCUT2D eigenvalue weighted by molar-refractivity contribution is 5.50. The van der Waals surface area contributed by atoms with Gasteiger partial charge in [0.2, 0.25) is 0 Å². The maximum absolute atomic E-state index is 11.0. The summed E-state index contributed by atoms with van der Waals surface area (Å²) in [6.45, 7) is 0.401. The number of para-hydroxylation sites is 1. The van der Waals surface area contributed by atoms with Crippen molar-refractivity contribution >= 4 is 11.4 Å². The van der Waals surface area contributed by atoms with Crippen molar-refractivity contribution in [3.05, 3.63) is 82.7 Å². The molecule has 0 amide bonds. The van der Waals surface area contributed by atoms with E-state index in [1.807, 2.05) is 36.5 Å². The SMILES string of the molecule is O=[N+]([O-])c1ccccc1CNc1ccc(-n2cccn2)cc1. The van der Waals surface area contributed by atoms with Gasteiger partial charge in [-0.25, -0.2) is 4.68 Å². The number of nitrogens with one attached hydrogen (secondary N) is 1. The number of aromatic nitrogens is 2. The zero-order valence-corrected chi connectivity index (χ0v) is 11.7. The highest BCUT2D eigenvalue weighted by atomic mass is 16.6. The van der Waals surface area contributed by atoms with Crippen LogP contribution in [0.1, 0.15) is 5.56 Å². The van der Waals surface area contributed by atoms with Crippen LogP contribution >= 0.6 is 0 Å². The van der Waals surface area contributed by atoms with Gasteiger partial charge in [-0.2, -0.15) is 5.10 Å². The minimum absolute atomic E-state index is 0.128. The fourth-order valence-electron chi connectivity index (χ4n) is 2.19. The fraction of sp³-hybridized carbons (Fsp3) is 0.0625. The lowest BCUT2D eigenvalue weighted by molar-refractivity contribution is -0.385. The van der Waals surface area contributed by atoms with E-state index in [0.717, 1.165) is 11.4 Å². The Morgan fingerprint density at radius 1 is 1.09 bits per heavy atom. The first-order chi connectivity index (χ1) is 10.7. The maximum atomic E-state index is 11.0. The smallest absolute Gasteiger partial charge is 0.274 e. The lowest BCUT2D eigenvalue weighted by atomic mass is 10.1. The van der Waals surface area contributed by atoms with Gasteiger partial charge in [0.15, 0.2) is 0 Å². The van der Waals surface area contributed by atoms with E-state index in [1.54, 1.807) is 29.1 Å². The average molecular weight is 294 g/mol. The van der Waals surface area contributed by atoms with Gasteiger partial charge in [0, 0.05) is 36.3 Å². The summed E-state index contributed by atoms with van der Waals surface area (Å²) < 4.78 is 1.77. The predicted molar refractivity (Wildman–Crippen MR) is 84.0 cm³/mol. The van der Waals surface area contributed by atoms with Crippen LogP contribution in [0.5, 0.6) is 0 Å². The van der Waals surface area contributed by atoms with E-state index in [9.17, 15) is 10.1 Å². The van der Waals surface area contributed by atoms with Gasteiger partial charge < -0.3 is 5.32 Å². The molecule has 0 saturated heterocycles. The normalized spacial score (nSPS) is 10.4. The molecule has 6 nitrogen and oxygen atoms in total. The summed E-state index contributed by atoms with van der Waals surface area (Å²) in [4.78, 5) is 10.6. The van der Waals surface area contributed by atoms with Crippen LogP contribution in [-0.4, -0.2) is 14.7 Å². The summed E-state index contributed by atoms with van der Waals surface area (Å²) in [5, 5.41) is 18.3. The maximum Gasteiger partial charge on any atom is 0.274 e. The molecule has 110 valence electrons. The van der Waals surface area contributed by atoms with Gasteiger partial charge in [0.05, 0.1) is 10.6 Å². The number of nitro benzene ring substituents is 1. The van der Waals surface area contributed by atoms with E-state index < -0.39 is 0 Å². The van der Waals surface area contributed by atoms with Gasteiger partial charge in [0.1, 0.15) is 0 Å². The van der Waals surface area contributed by atoms with Gasteiger partial charge in [-0.15, -0.1) is 0 Å². The molecule has 2 aromatic carbocycles. The standard InChI is InChI=1S/C16H14N4O2/c21-20(22)16-5-2-1-4-13(16)12-17-14-6-8-15(9-7-14)19-11-3-10-18-19/h1-11,17H,12H2. The van der Waals surface area contributed by atoms with Crippen LogP contribution in [0.2, 0.25) is 0 Å². The number of nitro groups is 1. The third-order valence-corrected chi connectivity index (χ3v) is 3.31. The Balaban J connectivity index is 1.71. The van der Waals surface area contributed by atoms with Crippen molar-refractivity contribution in [2.75, 3.05) is 5.32 Å². The number of rotatable bonds is 5. The lowest BCUT2D eigenvalue weighted by Crippen LogP contribution is -2.03. The summed E-state index contributed by atoms with van der Waals surface area (Å²) >= 11 is 0. The second-order valence-corrected chi connectivity index (χ2v) is 4.74. The van der Waals surface area contributed by atoms with Gasteiger partial charge in [-0.3, -0.25) is 10.1 Å². The van der Waals surface area contributed by atoms with Gasteiger partial charge >= 0.3 is 0 Å². The highest BCUT2D eigenvalue weighted by Gasteiger charge is 2.11. The number of hydrogen-bond donors (Lipinski definition) is 1. The van der Waals surface area contributed by atoms with Crippen LogP contribution in [0.25, 0.3) is 5.69 Å². The van der Waals surface area contributed by atoms with Crippen LogP contribution in [-0.2, 0) is 6.54 Å². The molecular weight excluding hydrogens is 280 g/mol. The van der Waals surface area contributed by atoms with Crippen LogP contribution in [0.4, 0.5) is 11.4 Å². The molecule has 1 heterocycles. The molecule has 0 fully saturated rings. The van der Waals surface area contributed by atoms with Crippen LogP contribution in [0.3, 0.4) is 0 Å². The fourth-order valence-corrected chi connectivity index (χ4v) is 2.19. The number of hydrogen-bond acceptors (Lipinski definition) is 4. The Kier molecular flexibility index (Phi) is 3.82. The molecule has 0 aliphatic carbocycles. The van der Waals surface area contributed by atoms with E-state index in [1.165, 1.54) is 6.07 Å². The molecule has 0 saturated carbocycles. The molecule has 0 spiro atoms. The molecule has 1 aromatic heterocycles. The molecule has 0 aliphatic heterocycles. The molecule has 0 bridgehead atoms. The van der Waals surface area contributed by atoms with Crippen molar-refractivity contribution in [3.8, 4) is 5.69 Å². The molecule has 0 radical (unpaired) electrons. The minimum atomic E-state index is -0.363. The second kappa shape index (κ2) is 6.09. The first-order valence-corrected chi connectivity index (χ1v) is 6.80. The number of anilines is 1. The van der Waals surface area contributed by atoms with Crippen molar-refractivity contribution in [2.45, 2.75) is 6.54 Å². The molecule has 1 N–H and O–H groups in total. The third kappa shape index (κ3) is 2.95. The molecule has 3 rings (SSSR count). The molecule has 6 heteroatoms.